The van der Waals surface area contributed by atoms with Crippen LogP contribution in [-0.4, -0.2) is 20.5 Å². The Morgan fingerprint density at radius 1 is 1.04 bits per heavy atom. The normalized spacial score (nSPS) is 17.0. The van der Waals surface area contributed by atoms with Gasteiger partial charge in [-0.3, -0.25) is 9.88 Å². The standard InChI is InChI=1S/C17H14N6/c18-16-21-15(11-9-19-12-6-2-1-5-10(11)12)23-14-8-4-3-7-13(14)20-17(23)22-16/h1-9,15,19H,(H3,18,20,21,22). The van der Waals surface area contributed by atoms with Crippen LogP contribution < -0.4 is 11.1 Å². The molecule has 0 saturated carbocycles. The molecule has 6 heteroatoms. The third-order valence-corrected chi connectivity index (χ3v) is 4.24. The number of imidazole rings is 1. The zero-order valence-electron chi connectivity index (χ0n) is 12.2. The van der Waals surface area contributed by atoms with E-state index in [-0.39, 0.29) is 6.17 Å². The zero-order chi connectivity index (χ0) is 15.4. The molecule has 1 aliphatic rings. The monoisotopic (exact) mass is 302 g/mol. The Morgan fingerprint density at radius 2 is 1.87 bits per heavy atom. The lowest BCUT2D eigenvalue weighted by molar-refractivity contribution is 0.630. The molecule has 0 bridgehead atoms. The lowest BCUT2D eigenvalue weighted by Gasteiger charge is -2.23. The first kappa shape index (κ1) is 12.3. The van der Waals surface area contributed by atoms with Gasteiger partial charge in [0.1, 0.15) is 0 Å². The Kier molecular flexibility index (Phi) is 2.33. The summed E-state index contributed by atoms with van der Waals surface area (Å²) >= 11 is 0. The first-order valence-electron chi connectivity index (χ1n) is 7.44. The maximum Gasteiger partial charge on any atom is 0.212 e. The van der Waals surface area contributed by atoms with E-state index in [1.54, 1.807) is 0 Å². The van der Waals surface area contributed by atoms with Crippen LogP contribution >= 0.6 is 0 Å². The fraction of sp³-hybridized carbons (Fsp3) is 0.0588. The van der Waals surface area contributed by atoms with Crippen LogP contribution in [-0.2, 0) is 0 Å². The number of nitrogens with one attached hydrogen (secondary N) is 2. The van der Waals surface area contributed by atoms with Crippen molar-refractivity contribution in [3.63, 3.8) is 0 Å². The van der Waals surface area contributed by atoms with E-state index in [1.165, 1.54) is 0 Å². The van der Waals surface area contributed by atoms with E-state index < -0.39 is 0 Å². The van der Waals surface area contributed by atoms with Crippen LogP contribution in [0.1, 0.15) is 11.7 Å². The Balaban J connectivity index is 1.81. The maximum atomic E-state index is 5.99. The molecule has 0 radical (unpaired) electrons. The average molecular weight is 302 g/mol. The summed E-state index contributed by atoms with van der Waals surface area (Å²) in [5.74, 6) is 1.09. The topological polar surface area (TPSA) is 84.0 Å². The number of hydrogen-bond donors (Lipinski definition) is 3. The minimum Gasteiger partial charge on any atom is -0.370 e. The molecule has 2 aromatic heterocycles. The molecule has 0 saturated heterocycles. The minimum atomic E-state index is -0.241. The number of anilines is 1. The Bertz CT molecular complexity index is 1070. The maximum absolute atomic E-state index is 5.99. The van der Waals surface area contributed by atoms with E-state index in [4.69, 9.17) is 5.73 Å². The lowest BCUT2D eigenvalue weighted by Crippen LogP contribution is -2.31. The van der Waals surface area contributed by atoms with E-state index in [0.717, 1.165) is 27.5 Å². The van der Waals surface area contributed by atoms with Gasteiger partial charge in [-0.05, 0) is 18.2 Å². The highest BCUT2D eigenvalue weighted by Crippen LogP contribution is 2.35. The van der Waals surface area contributed by atoms with Crippen LogP contribution in [0.25, 0.3) is 21.9 Å². The smallest absolute Gasteiger partial charge is 0.212 e. The van der Waals surface area contributed by atoms with E-state index in [1.807, 2.05) is 42.6 Å². The molecule has 4 N–H and O–H groups in total. The summed E-state index contributed by atoms with van der Waals surface area (Å²) in [5, 5.41) is 4.20. The van der Waals surface area contributed by atoms with Gasteiger partial charge in [-0.25, -0.2) is 9.98 Å². The van der Waals surface area contributed by atoms with Crippen molar-refractivity contribution in [2.75, 3.05) is 5.32 Å². The van der Waals surface area contributed by atoms with Gasteiger partial charge in [-0.1, -0.05) is 30.3 Å². The number of nitrogens with two attached hydrogens (primary N) is 1. The third kappa shape index (κ3) is 1.69. The summed E-state index contributed by atoms with van der Waals surface area (Å²) in [5.41, 5.74) is 10.1. The molecule has 6 nitrogen and oxygen atoms in total. The van der Waals surface area contributed by atoms with Gasteiger partial charge in [0, 0.05) is 22.7 Å². The summed E-state index contributed by atoms with van der Waals surface area (Å²) in [6, 6.07) is 16.2. The number of hydrogen-bond acceptors (Lipinski definition) is 4. The van der Waals surface area contributed by atoms with E-state index in [2.05, 4.69) is 37.0 Å². The van der Waals surface area contributed by atoms with Gasteiger partial charge in [-0.2, -0.15) is 0 Å². The predicted octanol–water partition coefficient (Wildman–Crippen LogP) is 2.80. The van der Waals surface area contributed by atoms with Crippen LogP contribution in [0.15, 0.2) is 59.7 Å². The number of aromatic amines is 1. The van der Waals surface area contributed by atoms with Gasteiger partial charge < -0.3 is 10.7 Å². The molecule has 4 aromatic rings. The molecule has 1 unspecified atom stereocenters. The molecule has 0 amide bonds. The fourth-order valence-electron chi connectivity index (χ4n) is 3.23. The molecule has 3 heterocycles. The van der Waals surface area contributed by atoms with Crippen molar-refractivity contribution in [1.82, 2.24) is 14.5 Å². The molecule has 1 atom stereocenters. The van der Waals surface area contributed by atoms with Crippen LogP contribution in [0, 0.1) is 0 Å². The molecule has 112 valence electrons. The third-order valence-electron chi connectivity index (χ3n) is 4.24. The van der Waals surface area contributed by atoms with Crippen LogP contribution in [0.4, 0.5) is 5.95 Å². The average Bonchev–Trinajstić information content (AvgIpc) is 3.15. The minimum absolute atomic E-state index is 0.241. The number of rotatable bonds is 1. The van der Waals surface area contributed by atoms with Gasteiger partial charge in [0.15, 0.2) is 12.1 Å². The van der Waals surface area contributed by atoms with E-state index in [0.29, 0.717) is 11.9 Å². The molecule has 0 spiro atoms. The first-order valence-corrected chi connectivity index (χ1v) is 7.44. The molecule has 1 aliphatic heterocycles. The fourth-order valence-corrected chi connectivity index (χ4v) is 3.23. The number of para-hydroxylation sites is 3. The number of fused-ring (bicyclic) bond motifs is 4. The second-order valence-electron chi connectivity index (χ2n) is 5.60. The van der Waals surface area contributed by atoms with E-state index in [9.17, 15) is 0 Å². The van der Waals surface area contributed by atoms with Gasteiger partial charge in [-0.15, -0.1) is 0 Å². The highest BCUT2D eigenvalue weighted by molar-refractivity contribution is 5.95. The van der Waals surface area contributed by atoms with E-state index >= 15 is 0 Å². The molecule has 2 aromatic carbocycles. The van der Waals surface area contributed by atoms with Gasteiger partial charge >= 0.3 is 0 Å². The Labute approximate surface area is 131 Å². The van der Waals surface area contributed by atoms with Crippen molar-refractivity contribution in [3.8, 4) is 0 Å². The number of guanidine groups is 1. The summed E-state index contributed by atoms with van der Waals surface area (Å²) < 4.78 is 2.08. The Hall–Kier alpha value is -3.28. The number of aliphatic imine (C=N–C) groups is 1. The van der Waals surface area contributed by atoms with Gasteiger partial charge in [0.2, 0.25) is 5.95 Å². The van der Waals surface area contributed by atoms with Gasteiger partial charge in [0.25, 0.3) is 0 Å². The second-order valence-corrected chi connectivity index (χ2v) is 5.60. The number of aromatic nitrogens is 3. The summed E-state index contributed by atoms with van der Waals surface area (Å²) in [6.07, 6.45) is 1.76. The summed E-state index contributed by atoms with van der Waals surface area (Å²) in [6.45, 7) is 0. The largest absolute Gasteiger partial charge is 0.370 e. The number of benzene rings is 2. The van der Waals surface area contributed by atoms with Crippen molar-refractivity contribution in [1.29, 1.82) is 0 Å². The van der Waals surface area contributed by atoms with Crippen molar-refractivity contribution >= 4 is 33.8 Å². The Morgan fingerprint density at radius 3 is 2.83 bits per heavy atom. The lowest BCUT2D eigenvalue weighted by atomic mass is 10.1. The van der Waals surface area contributed by atoms with Crippen molar-refractivity contribution in [3.05, 3.63) is 60.3 Å². The molecule has 23 heavy (non-hydrogen) atoms. The highest BCUT2D eigenvalue weighted by atomic mass is 15.4. The number of H-pyrrole nitrogens is 1. The quantitative estimate of drug-likeness (QED) is 0.505. The van der Waals surface area contributed by atoms with Crippen LogP contribution in [0.2, 0.25) is 0 Å². The summed E-state index contributed by atoms with van der Waals surface area (Å²) in [4.78, 5) is 12.6. The summed E-state index contributed by atoms with van der Waals surface area (Å²) in [7, 11) is 0. The zero-order valence-corrected chi connectivity index (χ0v) is 12.2. The molecule has 0 aliphatic carbocycles. The molecule has 0 fully saturated rings. The van der Waals surface area contributed by atoms with Crippen molar-refractivity contribution < 1.29 is 0 Å². The van der Waals surface area contributed by atoms with Crippen LogP contribution in [0.3, 0.4) is 0 Å². The molecule has 5 rings (SSSR count). The predicted molar refractivity (Wildman–Crippen MR) is 91.4 cm³/mol. The second kappa shape index (κ2) is 4.36. The highest BCUT2D eigenvalue weighted by Gasteiger charge is 2.26. The van der Waals surface area contributed by atoms with Gasteiger partial charge in [0.05, 0.1) is 11.0 Å². The van der Waals surface area contributed by atoms with Crippen molar-refractivity contribution in [2.45, 2.75) is 6.17 Å². The molecular formula is C17H14N6. The van der Waals surface area contributed by atoms with Crippen molar-refractivity contribution in [2.24, 2.45) is 10.7 Å². The SMILES string of the molecule is NC1=NC(c2c[nH]c3ccccc23)n2c(nc3ccccc32)N1. The number of nitrogens with zero attached hydrogens (tertiary/aromatic N) is 3. The molecular weight excluding hydrogens is 288 g/mol. The van der Waals surface area contributed by atoms with Crippen LogP contribution in [0.5, 0.6) is 0 Å². The first-order chi connectivity index (χ1) is 11.3.